The number of sulfonamides is 1. The number of nitrogen functional groups attached to an aromatic ring is 1. The third kappa shape index (κ3) is 5.67. The van der Waals surface area contributed by atoms with E-state index in [2.05, 4.69) is 18.6 Å². The number of hydrogen-bond donors (Lipinski definition) is 2. The lowest BCUT2D eigenvalue weighted by molar-refractivity contribution is 0.488. The highest BCUT2D eigenvalue weighted by Gasteiger charge is 2.18. The second-order valence-electron chi connectivity index (χ2n) is 6.06. The lowest BCUT2D eigenvalue weighted by atomic mass is 10.0. The average Bonchev–Trinajstić information content (AvgIpc) is 2.37. The molecule has 21 heavy (non-hydrogen) atoms. The minimum atomic E-state index is -3.49. The van der Waals surface area contributed by atoms with Crippen LogP contribution in [0.2, 0.25) is 0 Å². The topological polar surface area (TPSA) is 72.2 Å². The monoisotopic (exact) mass is 312 g/mol. The highest BCUT2D eigenvalue weighted by molar-refractivity contribution is 7.89. The summed E-state index contributed by atoms with van der Waals surface area (Å²) in [5.74, 6) is 0.648. The van der Waals surface area contributed by atoms with Crippen molar-refractivity contribution in [2.24, 2.45) is 5.92 Å². The Morgan fingerprint density at radius 1 is 1.19 bits per heavy atom. The molecule has 0 aliphatic rings. The number of aryl methyl sites for hydroxylation is 1. The van der Waals surface area contributed by atoms with E-state index < -0.39 is 10.0 Å². The Balaban J connectivity index is 2.70. The Labute approximate surface area is 129 Å². The molecule has 0 saturated heterocycles. The van der Waals surface area contributed by atoms with Crippen molar-refractivity contribution in [2.75, 3.05) is 5.73 Å². The molecule has 1 aromatic carbocycles. The Bertz CT molecular complexity index is 553. The number of hydrogen-bond acceptors (Lipinski definition) is 3. The molecule has 120 valence electrons. The van der Waals surface area contributed by atoms with Crippen LogP contribution >= 0.6 is 0 Å². The summed E-state index contributed by atoms with van der Waals surface area (Å²) in [4.78, 5) is 0.243. The first-order valence-corrected chi connectivity index (χ1v) is 9.15. The number of benzene rings is 1. The molecule has 0 aromatic heterocycles. The summed E-state index contributed by atoms with van der Waals surface area (Å²) in [5.41, 5.74) is 7.39. The van der Waals surface area contributed by atoms with Crippen molar-refractivity contribution >= 4 is 15.7 Å². The maximum atomic E-state index is 12.3. The van der Waals surface area contributed by atoms with Crippen LogP contribution in [0.15, 0.2) is 23.1 Å². The standard InChI is InChI=1S/C16H28N2O2S/c1-5-14-9-10-15(11-16(14)17)21(19,20)18-13(4)8-6-7-12(2)3/h9-13,18H,5-8,17H2,1-4H3. The first-order valence-electron chi connectivity index (χ1n) is 7.67. The summed E-state index contributed by atoms with van der Waals surface area (Å²) in [6.45, 7) is 8.25. The molecule has 0 aliphatic heterocycles. The molecule has 0 fully saturated rings. The largest absolute Gasteiger partial charge is 0.398 e. The van der Waals surface area contributed by atoms with Crippen LogP contribution in [-0.4, -0.2) is 14.5 Å². The second kappa shape index (κ2) is 7.80. The summed E-state index contributed by atoms with van der Waals surface area (Å²) < 4.78 is 27.4. The first-order chi connectivity index (χ1) is 9.76. The van der Waals surface area contributed by atoms with Gasteiger partial charge in [0.15, 0.2) is 0 Å². The molecule has 1 rings (SSSR count). The van der Waals surface area contributed by atoms with E-state index in [-0.39, 0.29) is 10.9 Å². The van der Waals surface area contributed by atoms with Gasteiger partial charge < -0.3 is 5.73 Å². The van der Waals surface area contributed by atoms with Gasteiger partial charge >= 0.3 is 0 Å². The molecule has 0 spiro atoms. The van der Waals surface area contributed by atoms with Crippen molar-refractivity contribution in [2.45, 2.75) is 64.3 Å². The summed E-state index contributed by atoms with van der Waals surface area (Å²) in [7, 11) is -3.49. The molecule has 1 aromatic rings. The highest BCUT2D eigenvalue weighted by Crippen LogP contribution is 2.19. The zero-order chi connectivity index (χ0) is 16.0. The van der Waals surface area contributed by atoms with Gasteiger partial charge in [0.05, 0.1) is 4.90 Å². The fourth-order valence-corrected chi connectivity index (χ4v) is 3.60. The summed E-state index contributed by atoms with van der Waals surface area (Å²) >= 11 is 0. The summed E-state index contributed by atoms with van der Waals surface area (Å²) in [6.07, 6.45) is 3.79. The van der Waals surface area contributed by atoms with Gasteiger partial charge in [-0.25, -0.2) is 13.1 Å². The lowest BCUT2D eigenvalue weighted by Gasteiger charge is -2.15. The minimum absolute atomic E-state index is 0.0687. The van der Waals surface area contributed by atoms with Crippen LogP contribution < -0.4 is 10.5 Å². The molecule has 1 atom stereocenters. The summed E-state index contributed by atoms with van der Waals surface area (Å²) in [6, 6.07) is 4.88. The van der Waals surface area contributed by atoms with Gasteiger partial charge in [-0.3, -0.25) is 0 Å². The van der Waals surface area contributed by atoms with Crippen LogP contribution in [-0.2, 0) is 16.4 Å². The molecule has 1 unspecified atom stereocenters. The van der Waals surface area contributed by atoms with E-state index >= 15 is 0 Å². The first kappa shape index (κ1) is 18.0. The SMILES string of the molecule is CCc1ccc(S(=O)(=O)NC(C)CCCC(C)C)cc1N. The molecule has 4 nitrogen and oxygen atoms in total. The maximum absolute atomic E-state index is 12.3. The zero-order valence-electron chi connectivity index (χ0n) is 13.5. The van der Waals surface area contributed by atoms with Crippen molar-refractivity contribution in [1.29, 1.82) is 0 Å². The third-order valence-electron chi connectivity index (χ3n) is 3.58. The van der Waals surface area contributed by atoms with Crippen molar-refractivity contribution < 1.29 is 8.42 Å². The predicted molar refractivity (Wildman–Crippen MR) is 88.7 cm³/mol. The van der Waals surface area contributed by atoms with Gasteiger partial charge in [-0.2, -0.15) is 0 Å². The molecule has 0 bridgehead atoms. The molecule has 0 radical (unpaired) electrons. The third-order valence-corrected chi connectivity index (χ3v) is 5.17. The lowest BCUT2D eigenvalue weighted by Crippen LogP contribution is -2.32. The predicted octanol–water partition coefficient (Wildman–Crippen LogP) is 3.32. The Hall–Kier alpha value is -1.07. The molecule has 0 saturated carbocycles. The van der Waals surface area contributed by atoms with Gasteiger partial charge in [-0.05, 0) is 43.4 Å². The highest BCUT2D eigenvalue weighted by atomic mass is 32.2. The summed E-state index contributed by atoms with van der Waals surface area (Å²) in [5, 5.41) is 0. The van der Waals surface area contributed by atoms with Crippen LogP contribution in [0.5, 0.6) is 0 Å². The fraction of sp³-hybridized carbons (Fsp3) is 0.625. The Kier molecular flexibility index (Phi) is 6.68. The number of nitrogens with two attached hydrogens (primary N) is 1. The molecule has 5 heteroatoms. The molecule has 0 amide bonds. The van der Waals surface area contributed by atoms with Crippen LogP contribution in [0, 0.1) is 5.92 Å². The fourth-order valence-electron chi connectivity index (χ4n) is 2.29. The molecular formula is C16H28N2O2S. The van der Waals surface area contributed by atoms with E-state index in [1.165, 1.54) is 0 Å². The molecule has 0 heterocycles. The van der Waals surface area contributed by atoms with E-state index in [1.54, 1.807) is 18.2 Å². The van der Waals surface area contributed by atoms with Gasteiger partial charge in [-0.1, -0.05) is 39.7 Å². The quantitative estimate of drug-likeness (QED) is 0.723. The van der Waals surface area contributed by atoms with E-state index in [0.717, 1.165) is 31.2 Å². The Morgan fingerprint density at radius 2 is 1.86 bits per heavy atom. The van der Waals surface area contributed by atoms with Crippen molar-refractivity contribution in [3.8, 4) is 0 Å². The number of nitrogens with one attached hydrogen (secondary N) is 1. The molecule has 3 N–H and O–H groups in total. The van der Waals surface area contributed by atoms with Crippen LogP contribution in [0.3, 0.4) is 0 Å². The van der Waals surface area contributed by atoms with Crippen molar-refractivity contribution in [1.82, 2.24) is 4.72 Å². The van der Waals surface area contributed by atoms with Crippen LogP contribution in [0.25, 0.3) is 0 Å². The minimum Gasteiger partial charge on any atom is -0.398 e. The number of anilines is 1. The van der Waals surface area contributed by atoms with Gasteiger partial charge in [0.2, 0.25) is 10.0 Å². The Morgan fingerprint density at radius 3 is 2.38 bits per heavy atom. The second-order valence-corrected chi connectivity index (χ2v) is 7.78. The maximum Gasteiger partial charge on any atom is 0.240 e. The van der Waals surface area contributed by atoms with Crippen molar-refractivity contribution in [3.63, 3.8) is 0 Å². The van der Waals surface area contributed by atoms with Gasteiger partial charge in [0, 0.05) is 11.7 Å². The van der Waals surface area contributed by atoms with Crippen LogP contribution in [0.1, 0.15) is 52.5 Å². The van der Waals surface area contributed by atoms with E-state index in [9.17, 15) is 8.42 Å². The van der Waals surface area contributed by atoms with Gasteiger partial charge in [-0.15, -0.1) is 0 Å². The van der Waals surface area contributed by atoms with Gasteiger partial charge in [0.1, 0.15) is 0 Å². The molecular weight excluding hydrogens is 284 g/mol. The van der Waals surface area contributed by atoms with Gasteiger partial charge in [0.25, 0.3) is 0 Å². The number of rotatable bonds is 8. The van der Waals surface area contributed by atoms with Crippen LogP contribution in [0.4, 0.5) is 5.69 Å². The van der Waals surface area contributed by atoms with E-state index in [1.807, 2.05) is 13.8 Å². The van der Waals surface area contributed by atoms with Crippen molar-refractivity contribution in [3.05, 3.63) is 23.8 Å². The normalized spacial score (nSPS) is 13.6. The average molecular weight is 312 g/mol. The smallest absolute Gasteiger partial charge is 0.240 e. The van der Waals surface area contributed by atoms with E-state index in [4.69, 9.17) is 5.73 Å². The molecule has 0 aliphatic carbocycles. The zero-order valence-corrected chi connectivity index (χ0v) is 14.3. The van der Waals surface area contributed by atoms with E-state index in [0.29, 0.717) is 11.6 Å².